The molecule has 2 nitrogen and oxygen atoms in total. The van der Waals surface area contributed by atoms with Gasteiger partial charge in [-0.05, 0) is 17.5 Å². The number of hydrogen-bond acceptors (Lipinski definition) is 3. The molecule has 0 aromatic carbocycles. The molecule has 12 heteroatoms. The molecule has 0 radical (unpaired) electrons. The van der Waals surface area contributed by atoms with Crippen molar-refractivity contribution in [2.45, 2.75) is 12.4 Å². The molecule has 128 valence electrons. The summed E-state index contributed by atoms with van der Waals surface area (Å²) in [6.07, 6.45) is -8.89. The van der Waals surface area contributed by atoms with E-state index in [1.165, 1.54) is 11.4 Å². The lowest BCUT2D eigenvalue weighted by atomic mass is 10.4. The van der Waals surface area contributed by atoms with E-state index in [4.69, 9.17) is 28.3 Å². The Kier molecular flexibility index (Phi) is 6.36. The summed E-state index contributed by atoms with van der Waals surface area (Å²) in [7, 11) is 0. The van der Waals surface area contributed by atoms with Gasteiger partial charge < -0.3 is 5.11 Å². The molecule has 0 amide bonds. The zero-order valence-corrected chi connectivity index (χ0v) is 13.6. The number of hydrogen-bond donors (Lipinski definition) is 1. The third-order valence-electron chi connectivity index (χ3n) is 2.03. The summed E-state index contributed by atoms with van der Waals surface area (Å²) in [5.74, 6) is -1.41. The molecule has 0 spiro atoms. The van der Waals surface area contributed by atoms with Gasteiger partial charge in [0.25, 0.3) is 0 Å². The lowest BCUT2D eigenvalue weighted by Crippen LogP contribution is -2.01. The second kappa shape index (κ2) is 7.29. The van der Waals surface area contributed by atoms with Crippen molar-refractivity contribution in [1.82, 2.24) is 0 Å². The van der Waals surface area contributed by atoms with Crippen molar-refractivity contribution in [1.29, 1.82) is 0 Å². The van der Waals surface area contributed by atoms with Gasteiger partial charge in [-0.25, -0.2) is 4.79 Å². The SMILES string of the molecule is FC(F)(F)c1sccc1Cl.O=C(O)c1cc(Cl)c(C(F)(F)F)s1. The predicted molar refractivity (Wildman–Crippen MR) is 75.6 cm³/mol. The quantitative estimate of drug-likeness (QED) is 0.535. The van der Waals surface area contributed by atoms with Crippen molar-refractivity contribution in [3.63, 3.8) is 0 Å². The largest absolute Gasteiger partial charge is 0.477 e. The van der Waals surface area contributed by atoms with Crippen LogP contribution < -0.4 is 0 Å². The number of aromatic carboxylic acids is 1. The Morgan fingerprint density at radius 2 is 1.52 bits per heavy atom. The third kappa shape index (κ3) is 5.55. The lowest BCUT2D eigenvalue weighted by Gasteiger charge is -2.01. The van der Waals surface area contributed by atoms with Gasteiger partial charge in [-0.2, -0.15) is 26.3 Å². The van der Waals surface area contributed by atoms with Crippen LogP contribution in [0.4, 0.5) is 26.3 Å². The molecule has 0 unspecified atom stereocenters. The minimum Gasteiger partial charge on any atom is -0.477 e. The molecule has 0 aliphatic rings. The minimum absolute atomic E-state index is 0.118. The number of thiophene rings is 2. The summed E-state index contributed by atoms with van der Waals surface area (Å²) < 4.78 is 71.6. The number of alkyl halides is 6. The van der Waals surface area contributed by atoms with Gasteiger partial charge in [0.2, 0.25) is 0 Å². The average molecular weight is 417 g/mol. The fourth-order valence-corrected chi connectivity index (χ4v) is 3.35. The van der Waals surface area contributed by atoms with Crippen LogP contribution in [0.2, 0.25) is 10.0 Å². The molecule has 0 fully saturated rings. The van der Waals surface area contributed by atoms with Crippen LogP contribution in [0, 0.1) is 0 Å². The van der Waals surface area contributed by atoms with Crippen LogP contribution in [0.25, 0.3) is 0 Å². The highest BCUT2D eigenvalue weighted by Gasteiger charge is 2.36. The van der Waals surface area contributed by atoms with Crippen LogP contribution in [0.15, 0.2) is 17.5 Å². The van der Waals surface area contributed by atoms with Crippen molar-refractivity contribution in [2.75, 3.05) is 0 Å². The summed E-state index contributed by atoms with van der Waals surface area (Å²) in [5, 5.41) is 8.88. The van der Waals surface area contributed by atoms with E-state index >= 15 is 0 Å². The van der Waals surface area contributed by atoms with E-state index < -0.39 is 38.0 Å². The fourth-order valence-electron chi connectivity index (χ4n) is 1.16. The Hall–Kier alpha value is -0.970. The first-order valence-electron chi connectivity index (χ1n) is 5.24. The van der Waals surface area contributed by atoms with Gasteiger partial charge in [-0.1, -0.05) is 23.2 Å². The number of carboxylic acids is 1. The molecule has 2 rings (SSSR count). The van der Waals surface area contributed by atoms with Gasteiger partial charge in [0.05, 0.1) is 10.0 Å². The van der Waals surface area contributed by atoms with E-state index in [0.29, 0.717) is 11.3 Å². The molecule has 0 bridgehead atoms. The molecular formula is C11H4Cl2F6O2S2. The minimum atomic E-state index is -4.59. The summed E-state index contributed by atoms with van der Waals surface area (Å²) in [5.41, 5.74) is 0. The Morgan fingerprint density at radius 3 is 1.74 bits per heavy atom. The third-order valence-corrected chi connectivity index (χ3v) is 4.99. The molecule has 23 heavy (non-hydrogen) atoms. The molecule has 2 aromatic rings. The molecule has 0 aliphatic heterocycles. The molecule has 0 aliphatic carbocycles. The van der Waals surface area contributed by atoms with E-state index in [-0.39, 0.29) is 16.4 Å². The zero-order valence-electron chi connectivity index (χ0n) is 10.4. The van der Waals surface area contributed by atoms with E-state index in [1.54, 1.807) is 0 Å². The van der Waals surface area contributed by atoms with Gasteiger partial charge in [0.15, 0.2) is 0 Å². The van der Waals surface area contributed by atoms with Crippen LogP contribution in [0.3, 0.4) is 0 Å². The number of carboxylic acid groups (broad SMARTS) is 1. The number of halogens is 8. The highest BCUT2D eigenvalue weighted by atomic mass is 35.5. The Balaban J connectivity index is 0.000000238. The molecule has 0 saturated carbocycles. The van der Waals surface area contributed by atoms with Gasteiger partial charge in [0.1, 0.15) is 14.6 Å². The van der Waals surface area contributed by atoms with E-state index in [0.717, 1.165) is 6.07 Å². The molecule has 2 aromatic heterocycles. The number of rotatable bonds is 1. The average Bonchev–Trinajstić information content (AvgIpc) is 2.94. The summed E-state index contributed by atoms with van der Waals surface area (Å²) in [6, 6.07) is 2.02. The summed E-state index contributed by atoms with van der Waals surface area (Å²) in [6.45, 7) is 0. The Labute approximate surface area is 142 Å². The van der Waals surface area contributed by atoms with Crippen molar-refractivity contribution >= 4 is 51.8 Å². The van der Waals surface area contributed by atoms with Crippen molar-refractivity contribution in [3.05, 3.63) is 42.2 Å². The number of carbonyl (C=O) groups is 1. The van der Waals surface area contributed by atoms with Gasteiger partial charge in [0, 0.05) is 0 Å². The molecule has 0 saturated heterocycles. The monoisotopic (exact) mass is 416 g/mol. The maximum Gasteiger partial charge on any atom is 0.427 e. The van der Waals surface area contributed by atoms with Crippen LogP contribution >= 0.6 is 45.9 Å². The van der Waals surface area contributed by atoms with E-state index in [1.807, 2.05) is 0 Å². The Bertz CT molecular complexity index is 689. The highest BCUT2D eigenvalue weighted by molar-refractivity contribution is 7.14. The standard InChI is InChI=1S/C6H2ClF3O2S.C5H2ClF3S/c7-2-1-3(5(11)12)13-4(2)6(8,9)10;6-3-1-2-10-4(3)5(7,8)9/h1H,(H,11,12);1-2H. The molecule has 0 atom stereocenters. The first-order chi connectivity index (χ1) is 10.3. The molecular weight excluding hydrogens is 413 g/mol. The smallest absolute Gasteiger partial charge is 0.427 e. The Morgan fingerprint density at radius 1 is 1.00 bits per heavy atom. The summed E-state index contributed by atoms with van der Waals surface area (Å²) >= 11 is 11.1. The van der Waals surface area contributed by atoms with Crippen LogP contribution in [0.1, 0.15) is 19.4 Å². The molecule has 1 N–H and O–H groups in total. The normalized spacial score (nSPS) is 11.8. The highest BCUT2D eigenvalue weighted by Crippen LogP contribution is 2.40. The van der Waals surface area contributed by atoms with Gasteiger partial charge >= 0.3 is 18.3 Å². The lowest BCUT2D eigenvalue weighted by molar-refractivity contribution is -0.135. The topological polar surface area (TPSA) is 37.3 Å². The summed E-state index contributed by atoms with van der Waals surface area (Å²) in [4.78, 5) is 8.05. The van der Waals surface area contributed by atoms with Crippen molar-refractivity contribution in [3.8, 4) is 0 Å². The van der Waals surface area contributed by atoms with Gasteiger partial charge in [-0.3, -0.25) is 0 Å². The van der Waals surface area contributed by atoms with Crippen LogP contribution in [0.5, 0.6) is 0 Å². The molecule has 2 heterocycles. The predicted octanol–water partition coefficient (Wildman–Crippen LogP) is 6.54. The first kappa shape index (κ1) is 20.1. The van der Waals surface area contributed by atoms with Gasteiger partial charge in [-0.15, -0.1) is 22.7 Å². The zero-order chi connectivity index (χ0) is 18.0. The van der Waals surface area contributed by atoms with E-state index in [2.05, 4.69) is 0 Å². The second-order valence-electron chi connectivity index (χ2n) is 3.69. The van der Waals surface area contributed by atoms with Crippen LogP contribution in [-0.2, 0) is 12.4 Å². The van der Waals surface area contributed by atoms with Crippen molar-refractivity contribution < 1.29 is 36.2 Å². The first-order valence-corrected chi connectivity index (χ1v) is 7.69. The van der Waals surface area contributed by atoms with Crippen molar-refractivity contribution in [2.24, 2.45) is 0 Å². The maximum atomic E-state index is 12.1. The maximum absolute atomic E-state index is 12.1. The second-order valence-corrected chi connectivity index (χ2v) is 6.47. The van der Waals surface area contributed by atoms with Crippen LogP contribution in [-0.4, -0.2) is 11.1 Å². The van der Waals surface area contributed by atoms with E-state index in [9.17, 15) is 31.1 Å². The fraction of sp³-hybridized carbons (Fsp3) is 0.182.